The van der Waals surface area contributed by atoms with E-state index in [0.29, 0.717) is 11.4 Å². The number of nitrogens with zero attached hydrogens (tertiary/aromatic N) is 1. The van der Waals surface area contributed by atoms with Gasteiger partial charge in [0.25, 0.3) is 0 Å². The zero-order valence-corrected chi connectivity index (χ0v) is 12.6. The molecule has 2 aromatic carbocycles. The van der Waals surface area contributed by atoms with E-state index < -0.39 is 6.10 Å². The molecule has 0 fully saturated rings. The first-order valence-electron chi connectivity index (χ1n) is 6.42. The summed E-state index contributed by atoms with van der Waals surface area (Å²) in [4.78, 5) is 4.55. The van der Waals surface area contributed by atoms with E-state index in [9.17, 15) is 5.11 Å². The number of hydrogen-bond donors (Lipinski definition) is 1. The molecule has 0 aliphatic carbocycles. The topological polar surface area (TPSA) is 33.1 Å². The maximum atomic E-state index is 10.4. The lowest BCUT2D eigenvalue weighted by atomic mass is 10.0. The Balaban J connectivity index is 1.88. The van der Waals surface area contributed by atoms with Crippen LogP contribution in [0.2, 0.25) is 5.02 Å². The number of aliphatic hydroxyl groups is 1. The van der Waals surface area contributed by atoms with E-state index in [1.54, 1.807) is 11.3 Å². The number of para-hydroxylation sites is 1. The Labute approximate surface area is 126 Å². The van der Waals surface area contributed by atoms with Gasteiger partial charge in [0.1, 0.15) is 0 Å². The van der Waals surface area contributed by atoms with Gasteiger partial charge in [-0.1, -0.05) is 41.9 Å². The maximum Gasteiger partial charge on any atom is 0.0967 e. The largest absolute Gasteiger partial charge is 0.388 e. The van der Waals surface area contributed by atoms with E-state index in [1.807, 2.05) is 49.4 Å². The molecule has 0 saturated heterocycles. The molecule has 0 aliphatic heterocycles. The molecule has 1 N–H and O–H groups in total. The quantitative estimate of drug-likeness (QED) is 0.771. The Morgan fingerprint density at radius 2 is 2.00 bits per heavy atom. The van der Waals surface area contributed by atoms with E-state index >= 15 is 0 Å². The molecule has 1 aromatic heterocycles. The van der Waals surface area contributed by atoms with E-state index in [4.69, 9.17) is 11.6 Å². The number of fused-ring (bicyclic) bond motifs is 1. The second kappa shape index (κ2) is 5.52. The Bertz CT molecular complexity index is 720. The van der Waals surface area contributed by atoms with Crippen molar-refractivity contribution in [3.63, 3.8) is 0 Å². The Morgan fingerprint density at radius 1 is 1.20 bits per heavy atom. The maximum absolute atomic E-state index is 10.4. The molecule has 0 saturated carbocycles. The van der Waals surface area contributed by atoms with Crippen LogP contribution in [0.4, 0.5) is 0 Å². The smallest absolute Gasteiger partial charge is 0.0967 e. The van der Waals surface area contributed by atoms with Gasteiger partial charge in [-0.15, -0.1) is 11.3 Å². The third-order valence-electron chi connectivity index (χ3n) is 3.29. The molecule has 3 rings (SSSR count). The van der Waals surface area contributed by atoms with Crippen LogP contribution in [0.15, 0.2) is 42.5 Å². The first kappa shape index (κ1) is 13.6. The molecule has 0 bridgehead atoms. The average Bonchev–Trinajstić information content (AvgIpc) is 2.83. The summed E-state index contributed by atoms with van der Waals surface area (Å²) in [5, 5.41) is 12.0. The lowest BCUT2D eigenvalue weighted by molar-refractivity contribution is 0.178. The van der Waals surface area contributed by atoms with Crippen LogP contribution in [0.1, 0.15) is 22.2 Å². The van der Waals surface area contributed by atoms with Gasteiger partial charge in [0.15, 0.2) is 0 Å². The van der Waals surface area contributed by atoms with E-state index in [-0.39, 0.29) is 0 Å². The number of halogens is 1. The van der Waals surface area contributed by atoms with Crippen LogP contribution in [0.5, 0.6) is 0 Å². The van der Waals surface area contributed by atoms with E-state index in [2.05, 4.69) is 4.98 Å². The van der Waals surface area contributed by atoms with Gasteiger partial charge >= 0.3 is 0 Å². The number of benzene rings is 2. The highest BCUT2D eigenvalue weighted by Crippen LogP contribution is 2.30. The molecule has 1 unspecified atom stereocenters. The highest BCUT2D eigenvalue weighted by molar-refractivity contribution is 7.18. The highest BCUT2D eigenvalue weighted by atomic mass is 35.5. The zero-order valence-electron chi connectivity index (χ0n) is 11.0. The Kier molecular flexibility index (Phi) is 3.74. The first-order chi connectivity index (χ1) is 9.65. The van der Waals surface area contributed by atoms with Crippen LogP contribution in [-0.2, 0) is 6.42 Å². The standard InChI is InChI=1S/C16H14ClNOS/c1-10-5-4-6-11(16(10)17)13(19)9-15-18-12-7-2-3-8-14(12)20-15/h2-8,13,19H,9H2,1H3. The molecule has 2 nitrogen and oxygen atoms in total. The van der Waals surface area contributed by atoms with Crippen molar-refractivity contribution in [1.29, 1.82) is 0 Å². The van der Waals surface area contributed by atoms with Crippen molar-refractivity contribution in [2.45, 2.75) is 19.4 Å². The predicted octanol–water partition coefficient (Wildman–Crippen LogP) is 4.53. The fraction of sp³-hybridized carbons (Fsp3) is 0.188. The molecule has 102 valence electrons. The summed E-state index contributed by atoms with van der Waals surface area (Å²) in [6.07, 6.45) is -0.134. The number of rotatable bonds is 3. The summed E-state index contributed by atoms with van der Waals surface area (Å²) in [5.41, 5.74) is 2.73. The monoisotopic (exact) mass is 303 g/mol. The van der Waals surface area contributed by atoms with Gasteiger partial charge in [0.05, 0.1) is 21.3 Å². The SMILES string of the molecule is Cc1cccc(C(O)Cc2nc3ccccc3s2)c1Cl. The number of thiazole rings is 1. The number of aryl methyl sites for hydroxylation is 1. The van der Waals surface area contributed by atoms with Crippen molar-refractivity contribution in [3.8, 4) is 0 Å². The summed E-state index contributed by atoms with van der Waals surface area (Å²) in [7, 11) is 0. The van der Waals surface area contributed by atoms with Crippen molar-refractivity contribution in [3.05, 3.63) is 63.6 Å². The molecule has 0 aliphatic rings. The number of aromatic nitrogens is 1. The average molecular weight is 304 g/mol. The third-order valence-corrected chi connectivity index (χ3v) is 4.86. The molecule has 1 atom stereocenters. The normalized spacial score (nSPS) is 12.8. The molecule has 20 heavy (non-hydrogen) atoms. The van der Waals surface area contributed by atoms with E-state index in [0.717, 1.165) is 26.4 Å². The fourth-order valence-corrected chi connectivity index (χ4v) is 3.47. The Morgan fingerprint density at radius 3 is 2.80 bits per heavy atom. The van der Waals surface area contributed by atoms with Crippen molar-refractivity contribution < 1.29 is 5.11 Å². The third kappa shape index (κ3) is 2.57. The first-order valence-corrected chi connectivity index (χ1v) is 7.62. The number of aliphatic hydroxyl groups excluding tert-OH is 1. The lowest BCUT2D eigenvalue weighted by Gasteiger charge is -2.12. The van der Waals surface area contributed by atoms with Gasteiger partial charge in [0.2, 0.25) is 0 Å². The minimum atomic E-state index is -0.622. The van der Waals surface area contributed by atoms with Gasteiger partial charge in [0, 0.05) is 11.4 Å². The van der Waals surface area contributed by atoms with Gasteiger partial charge in [-0.3, -0.25) is 0 Å². The van der Waals surface area contributed by atoms with Crippen LogP contribution in [0, 0.1) is 6.92 Å². The van der Waals surface area contributed by atoms with Gasteiger partial charge in [-0.2, -0.15) is 0 Å². The minimum Gasteiger partial charge on any atom is -0.388 e. The van der Waals surface area contributed by atoms with Crippen molar-refractivity contribution in [2.75, 3.05) is 0 Å². The van der Waals surface area contributed by atoms with Crippen molar-refractivity contribution in [2.24, 2.45) is 0 Å². The molecule has 1 heterocycles. The fourth-order valence-electron chi connectivity index (χ4n) is 2.21. The summed E-state index contributed by atoms with van der Waals surface area (Å²) in [5.74, 6) is 0. The molecular formula is C16H14ClNOS. The highest BCUT2D eigenvalue weighted by Gasteiger charge is 2.15. The number of hydrogen-bond acceptors (Lipinski definition) is 3. The second-order valence-corrected chi connectivity index (χ2v) is 6.27. The minimum absolute atomic E-state index is 0.489. The van der Waals surface area contributed by atoms with Crippen LogP contribution in [-0.4, -0.2) is 10.1 Å². The Hall–Kier alpha value is -1.42. The summed E-state index contributed by atoms with van der Waals surface area (Å²) >= 11 is 7.87. The summed E-state index contributed by atoms with van der Waals surface area (Å²) < 4.78 is 1.14. The molecule has 0 amide bonds. The van der Waals surface area contributed by atoms with E-state index in [1.165, 1.54) is 0 Å². The summed E-state index contributed by atoms with van der Waals surface area (Å²) in [6.45, 7) is 1.94. The molecule has 0 radical (unpaired) electrons. The van der Waals surface area contributed by atoms with Crippen LogP contribution < -0.4 is 0 Å². The second-order valence-electron chi connectivity index (χ2n) is 4.77. The van der Waals surface area contributed by atoms with Crippen LogP contribution in [0.3, 0.4) is 0 Å². The van der Waals surface area contributed by atoms with Crippen LogP contribution in [0.25, 0.3) is 10.2 Å². The summed E-state index contributed by atoms with van der Waals surface area (Å²) in [6, 6.07) is 13.7. The lowest BCUT2D eigenvalue weighted by Crippen LogP contribution is -2.03. The molecule has 0 spiro atoms. The van der Waals surface area contributed by atoms with Gasteiger partial charge in [-0.05, 0) is 30.2 Å². The van der Waals surface area contributed by atoms with Crippen molar-refractivity contribution >= 4 is 33.2 Å². The molecule has 4 heteroatoms. The van der Waals surface area contributed by atoms with Gasteiger partial charge < -0.3 is 5.11 Å². The predicted molar refractivity (Wildman–Crippen MR) is 84.5 cm³/mol. The molecule has 3 aromatic rings. The van der Waals surface area contributed by atoms with Crippen LogP contribution >= 0.6 is 22.9 Å². The zero-order chi connectivity index (χ0) is 14.1. The van der Waals surface area contributed by atoms with Crippen molar-refractivity contribution in [1.82, 2.24) is 4.98 Å². The molecular weight excluding hydrogens is 290 g/mol. The van der Waals surface area contributed by atoms with Gasteiger partial charge in [-0.25, -0.2) is 4.98 Å².